The molecule has 0 saturated carbocycles. The summed E-state index contributed by atoms with van der Waals surface area (Å²) < 4.78 is 18.7. The van der Waals surface area contributed by atoms with E-state index >= 15 is 0 Å². The summed E-state index contributed by atoms with van der Waals surface area (Å²) in [5, 5.41) is 20.6. The molecule has 0 atom stereocenters. The summed E-state index contributed by atoms with van der Waals surface area (Å²) in [5.41, 5.74) is 12.8. The fraction of sp³-hybridized carbons (Fsp3) is 0.200. The standard InChI is InChI=1S/C30H27BrClN9O4/c1-2-43-25-14-18(13-21(31)27(25)44-17-20-8-3-5-9-22(20)32)15-34-36-30(42)26-24(41(39-35-26)29-28(33)37-45-38-29)16-40-12-11-19-7-4-6-10-23(19)40/h3-10,13-15H,2,11-12,16-17H2,1H3,(H2,33,37)(H,36,42). The van der Waals surface area contributed by atoms with Crippen LogP contribution >= 0.6 is 27.5 Å². The molecule has 0 radical (unpaired) electrons. The van der Waals surface area contributed by atoms with Gasteiger partial charge in [0.1, 0.15) is 6.61 Å². The molecule has 1 aliphatic rings. The number of ether oxygens (including phenoxy) is 2. The zero-order chi connectivity index (χ0) is 31.3. The van der Waals surface area contributed by atoms with E-state index in [1.54, 1.807) is 12.1 Å². The van der Waals surface area contributed by atoms with Crippen molar-refractivity contribution in [1.82, 2.24) is 30.7 Å². The molecule has 0 spiro atoms. The molecule has 3 N–H and O–H groups in total. The first kappa shape index (κ1) is 30.1. The lowest BCUT2D eigenvalue weighted by Crippen LogP contribution is -2.26. The van der Waals surface area contributed by atoms with Crippen molar-refractivity contribution in [3.63, 3.8) is 0 Å². The molecule has 0 saturated heterocycles. The number of para-hydroxylation sites is 1. The number of hydrazone groups is 1. The highest BCUT2D eigenvalue weighted by Crippen LogP contribution is 2.37. The Balaban J connectivity index is 1.21. The van der Waals surface area contributed by atoms with E-state index in [4.69, 9.17) is 31.4 Å². The van der Waals surface area contributed by atoms with Crippen LogP contribution < -0.4 is 25.5 Å². The SMILES string of the molecule is CCOc1cc(C=NNC(=O)c2nnn(-c3nonc3N)c2CN2CCc3ccccc32)cc(Br)c1OCc1ccccc1Cl. The second kappa shape index (κ2) is 13.4. The third kappa shape index (κ3) is 6.47. The molecular formula is C30H27BrClN9O4. The predicted molar refractivity (Wildman–Crippen MR) is 171 cm³/mol. The summed E-state index contributed by atoms with van der Waals surface area (Å²) in [6, 6.07) is 19.1. The number of rotatable bonds is 11. The molecule has 1 amide bonds. The number of carbonyl (C=O) groups excluding carboxylic acids is 1. The van der Waals surface area contributed by atoms with Gasteiger partial charge in [0.25, 0.3) is 5.91 Å². The highest BCUT2D eigenvalue weighted by Gasteiger charge is 2.28. The minimum Gasteiger partial charge on any atom is -0.490 e. The number of hydrogen-bond donors (Lipinski definition) is 2. The maximum atomic E-state index is 13.4. The van der Waals surface area contributed by atoms with Gasteiger partial charge in [-0.05, 0) is 75.0 Å². The van der Waals surface area contributed by atoms with Crippen molar-refractivity contribution in [3.8, 4) is 17.3 Å². The lowest BCUT2D eigenvalue weighted by molar-refractivity contribution is 0.0949. The largest absolute Gasteiger partial charge is 0.490 e. The van der Waals surface area contributed by atoms with Crippen LogP contribution in [0.4, 0.5) is 11.5 Å². The second-order valence-electron chi connectivity index (χ2n) is 9.91. The monoisotopic (exact) mass is 691 g/mol. The molecule has 3 heterocycles. The molecule has 0 aliphatic carbocycles. The first-order chi connectivity index (χ1) is 21.9. The Kier molecular flexibility index (Phi) is 8.93. The number of nitrogen functional groups attached to an aromatic ring is 1. The highest BCUT2D eigenvalue weighted by molar-refractivity contribution is 9.10. The normalized spacial score (nSPS) is 12.5. The molecular weight excluding hydrogens is 666 g/mol. The Bertz CT molecular complexity index is 1880. The van der Waals surface area contributed by atoms with Crippen LogP contribution in [0.5, 0.6) is 11.5 Å². The number of nitrogens with one attached hydrogen (secondary N) is 1. The molecule has 0 bridgehead atoms. The van der Waals surface area contributed by atoms with Crippen molar-refractivity contribution in [2.75, 3.05) is 23.8 Å². The van der Waals surface area contributed by atoms with Gasteiger partial charge in [0.2, 0.25) is 11.6 Å². The summed E-state index contributed by atoms with van der Waals surface area (Å²) >= 11 is 9.85. The quantitative estimate of drug-likeness (QED) is 0.143. The number of halogens is 2. The van der Waals surface area contributed by atoms with Gasteiger partial charge in [-0.3, -0.25) is 4.79 Å². The van der Waals surface area contributed by atoms with Crippen LogP contribution in [0.25, 0.3) is 5.82 Å². The molecule has 3 aromatic carbocycles. The summed E-state index contributed by atoms with van der Waals surface area (Å²) in [4.78, 5) is 15.5. The van der Waals surface area contributed by atoms with Crippen molar-refractivity contribution < 1.29 is 18.9 Å². The summed E-state index contributed by atoms with van der Waals surface area (Å²) in [6.07, 6.45) is 2.36. The highest BCUT2D eigenvalue weighted by atomic mass is 79.9. The number of amides is 1. The summed E-state index contributed by atoms with van der Waals surface area (Å²) in [5.74, 6) is 0.602. The van der Waals surface area contributed by atoms with Crippen LogP contribution in [-0.4, -0.2) is 50.6 Å². The minimum atomic E-state index is -0.571. The molecule has 6 rings (SSSR count). The van der Waals surface area contributed by atoms with Crippen molar-refractivity contribution in [2.45, 2.75) is 26.5 Å². The van der Waals surface area contributed by atoms with E-state index in [0.29, 0.717) is 45.4 Å². The zero-order valence-electron chi connectivity index (χ0n) is 24.0. The maximum Gasteiger partial charge on any atom is 0.293 e. The Morgan fingerprint density at radius 1 is 1.18 bits per heavy atom. The summed E-state index contributed by atoms with van der Waals surface area (Å²) in [7, 11) is 0. The van der Waals surface area contributed by atoms with E-state index < -0.39 is 5.91 Å². The molecule has 0 fully saturated rings. The Morgan fingerprint density at radius 3 is 2.80 bits per heavy atom. The lowest BCUT2D eigenvalue weighted by atomic mass is 10.2. The van der Waals surface area contributed by atoms with E-state index in [0.717, 1.165) is 24.2 Å². The molecule has 5 aromatic rings. The predicted octanol–water partition coefficient (Wildman–Crippen LogP) is 4.95. The van der Waals surface area contributed by atoms with E-state index in [1.807, 2.05) is 49.4 Å². The molecule has 1 aliphatic heterocycles. The van der Waals surface area contributed by atoms with Crippen molar-refractivity contribution >= 4 is 51.2 Å². The van der Waals surface area contributed by atoms with E-state index in [2.05, 4.69) is 58.0 Å². The Hall–Kier alpha value is -4.95. The average molecular weight is 693 g/mol. The number of benzene rings is 3. The van der Waals surface area contributed by atoms with Gasteiger partial charge in [-0.25, -0.2) is 10.1 Å². The third-order valence-corrected chi connectivity index (χ3v) is 8.00. The molecule has 0 unspecified atom stereocenters. The van der Waals surface area contributed by atoms with Crippen LogP contribution in [0.3, 0.4) is 0 Å². The van der Waals surface area contributed by atoms with Gasteiger partial charge >= 0.3 is 0 Å². The average Bonchev–Trinajstić information content (AvgIpc) is 3.76. The molecule has 230 valence electrons. The lowest BCUT2D eigenvalue weighted by Gasteiger charge is -2.19. The topological polar surface area (TPSA) is 159 Å². The van der Waals surface area contributed by atoms with Crippen LogP contribution in [-0.2, 0) is 19.6 Å². The number of carbonyl (C=O) groups is 1. The van der Waals surface area contributed by atoms with E-state index in [1.165, 1.54) is 16.5 Å². The van der Waals surface area contributed by atoms with E-state index in [-0.39, 0.29) is 23.9 Å². The van der Waals surface area contributed by atoms with Crippen LogP contribution in [0.1, 0.15) is 39.8 Å². The van der Waals surface area contributed by atoms with Crippen LogP contribution in [0, 0.1) is 0 Å². The van der Waals surface area contributed by atoms with Gasteiger partial charge in [-0.15, -0.1) is 5.10 Å². The molecule has 15 heteroatoms. The fourth-order valence-corrected chi connectivity index (χ4v) is 5.69. The fourth-order valence-electron chi connectivity index (χ4n) is 4.93. The van der Waals surface area contributed by atoms with Crippen molar-refractivity contribution in [2.24, 2.45) is 5.10 Å². The minimum absolute atomic E-state index is 0.0166. The smallest absolute Gasteiger partial charge is 0.293 e. The van der Waals surface area contributed by atoms with Crippen molar-refractivity contribution in [3.05, 3.63) is 98.2 Å². The van der Waals surface area contributed by atoms with Gasteiger partial charge in [0.15, 0.2) is 17.2 Å². The number of hydrogen-bond acceptors (Lipinski definition) is 11. The number of nitrogens with zero attached hydrogens (tertiary/aromatic N) is 7. The zero-order valence-corrected chi connectivity index (χ0v) is 26.3. The number of fused-ring (bicyclic) bond motifs is 1. The molecule has 13 nitrogen and oxygen atoms in total. The first-order valence-corrected chi connectivity index (χ1v) is 15.1. The number of aromatic nitrogens is 5. The van der Waals surface area contributed by atoms with Gasteiger partial charge in [0, 0.05) is 22.8 Å². The molecule has 2 aromatic heterocycles. The molecule has 45 heavy (non-hydrogen) atoms. The van der Waals surface area contributed by atoms with Gasteiger partial charge < -0.3 is 20.1 Å². The Labute approximate surface area is 271 Å². The van der Waals surface area contributed by atoms with Crippen LogP contribution in [0.2, 0.25) is 5.02 Å². The van der Waals surface area contributed by atoms with E-state index in [9.17, 15) is 4.79 Å². The summed E-state index contributed by atoms with van der Waals surface area (Å²) in [6.45, 7) is 3.61. The maximum absolute atomic E-state index is 13.4. The van der Waals surface area contributed by atoms with Gasteiger partial charge in [-0.2, -0.15) is 9.78 Å². The number of anilines is 2. The first-order valence-electron chi connectivity index (χ1n) is 13.9. The van der Waals surface area contributed by atoms with Gasteiger partial charge in [-0.1, -0.05) is 53.2 Å². The van der Waals surface area contributed by atoms with Gasteiger partial charge in [0.05, 0.1) is 29.5 Å². The third-order valence-electron chi connectivity index (χ3n) is 7.04. The van der Waals surface area contributed by atoms with Crippen LogP contribution in [0.15, 0.2) is 74.9 Å². The Morgan fingerprint density at radius 2 is 2.00 bits per heavy atom. The van der Waals surface area contributed by atoms with Crippen molar-refractivity contribution in [1.29, 1.82) is 0 Å². The number of nitrogens with two attached hydrogens (primary N) is 1. The second-order valence-corrected chi connectivity index (χ2v) is 11.2.